The number of carbonyl (C=O) groups excluding carboxylic acids is 1. The van der Waals surface area contributed by atoms with Gasteiger partial charge in [-0.15, -0.1) is 4.98 Å². The van der Waals surface area contributed by atoms with Gasteiger partial charge in [0.25, 0.3) is 5.82 Å². The molecule has 0 radical (unpaired) electrons. The number of pyridine rings is 1. The van der Waals surface area contributed by atoms with Gasteiger partial charge in [-0.2, -0.15) is 0 Å². The average molecular weight is 467 g/mol. The molecular weight excluding hydrogens is 440 g/mol. The number of benzene rings is 1. The van der Waals surface area contributed by atoms with Gasteiger partial charge in [0, 0.05) is 23.4 Å². The third-order valence-electron chi connectivity index (χ3n) is 5.62. The number of carbonyl (C=O) groups is 1. The fraction of sp³-hybridized carbons (Fsp3) is 0.391. The minimum absolute atomic E-state index is 0.0922. The van der Waals surface area contributed by atoms with E-state index in [9.17, 15) is 4.79 Å². The van der Waals surface area contributed by atoms with Crippen LogP contribution in [0.5, 0.6) is 11.5 Å². The summed E-state index contributed by atoms with van der Waals surface area (Å²) in [4.78, 5) is 27.7. The Morgan fingerprint density at radius 1 is 1.33 bits per heavy atom. The van der Waals surface area contributed by atoms with Gasteiger partial charge in [-0.25, -0.2) is 4.98 Å². The lowest BCUT2D eigenvalue weighted by atomic mass is 9.94. The standard InChI is InChI=1S/C23H26N6O3S/c1-13-21-17(11-26-22(13)25-2)28-23(29-21)33-12-20(30)27-15-6-9-18(31-3)19(10-15)32-16-7-4-14(24)5-8-16/h6,9-11,14,16H,4-5,7-8,12,24H2,1,3H3,(H,27,30)(H,28,29). The predicted molar refractivity (Wildman–Crippen MR) is 128 cm³/mol. The van der Waals surface area contributed by atoms with Crippen molar-refractivity contribution in [2.24, 2.45) is 5.73 Å². The molecule has 2 heterocycles. The Bertz CT molecular complexity index is 1200. The first-order valence-corrected chi connectivity index (χ1v) is 11.7. The highest BCUT2D eigenvalue weighted by molar-refractivity contribution is 7.99. The van der Waals surface area contributed by atoms with Gasteiger partial charge < -0.3 is 30.4 Å². The zero-order chi connectivity index (χ0) is 23.4. The summed E-state index contributed by atoms with van der Waals surface area (Å²) in [5, 5.41) is 3.50. The van der Waals surface area contributed by atoms with Gasteiger partial charge in [-0.3, -0.25) is 4.79 Å². The van der Waals surface area contributed by atoms with E-state index in [1.165, 1.54) is 11.8 Å². The molecule has 1 saturated carbocycles. The van der Waals surface area contributed by atoms with Gasteiger partial charge in [0.1, 0.15) is 11.7 Å². The summed E-state index contributed by atoms with van der Waals surface area (Å²) in [7, 11) is 1.60. The summed E-state index contributed by atoms with van der Waals surface area (Å²) in [5.41, 5.74) is 8.78. The molecule has 0 unspecified atom stereocenters. The summed E-state index contributed by atoms with van der Waals surface area (Å²) < 4.78 is 11.6. The van der Waals surface area contributed by atoms with E-state index >= 15 is 0 Å². The zero-order valence-corrected chi connectivity index (χ0v) is 19.4. The smallest absolute Gasteiger partial charge is 0.274 e. The molecule has 1 fully saturated rings. The van der Waals surface area contributed by atoms with E-state index in [1.807, 2.05) is 6.92 Å². The number of methoxy groups -OCH3 is 1. The number of imidazole rings is 1. The van der Waals surface area contributed by atoms with Gasteiger partial charge in [-0.1, -0.05) is 18.3 Å². The summed E-state index contributed by atoms with van der Waals surface area (Å²) in [5.74, 6) is 1.57. The number of H-pyrrole nitrogens is 1. The number of aromatic nitrogens is 3. The van der Waals surface area contributed by atoms with Crippen molar-refractivity contribution in [1.29, 1.82) is 0 Å². The molecule has 3 aromatic rings. The topological polar surface area (TPSA) is 120 Å². The van der Waals surface area contributed by atoms with E-state index in [-0.39, 0.29) is 23.8 Å². The quantitative estimate of drug-likeness (QED) is 0.352. The van der Waals surface area contributed by atoms with Crippen molar-refractivity contribution in [3.8, 4) is 11.5 Å². The van der Waals surface area contributed by atoms with E-state index < -0.39 is 0 Å². The summed E-state index contributed by atoms with van der Waals surface area (Å²) in [6.45, 7) is 8.99. The Hall–Kier alpha value is -3.29. The number of thioether (sulfide) groups is 1. The average Bonchev–Trinajstić information content (AvgIpc) is 3.24. The maximum absolute atomic E-state index is 12.5. The van der Waals surface area contributed by atoms with Crippen molar-refractivity contribution >= 4 is 40.2 Å². The predicted octanol–water partition coefficient (Wildman–Crippen LogP) is 4.21. The summed E-state index contributed by atoms with van der Waals surface area (Å²) >= 11 is 1.28. The molecule has 1 amide bonds. The Kier molecular flexibility index (Phi) is 7.01. The molecule has 0 atom stereocenters. The van der Waals surface area contributed by atoms with Gasteiger partial charge in [-0.05, 0) is 44.7 Å². The highest BCUT2D eigenvalue weighted by Gasteiger charge is 2.21. The number of nitrogens with zero attached hydrogens (tertiary/aromatic N) is 3. The summed E-state index contributed by atoms with van der Waals surface area (Å²) in [6.07, 6.45) is 5.37. The maximum Gasteiger partial charge on any atom is 0.274 e. The largest absolute Gasteiger partial charge is 0.493 e. The molecular formula is C23H26N6O3S. The molecule has 0 spiro atoms. The van der Waals surface area contributed by atoms with Crippen LogP contribution in [0.15, 0.2) is 29.6 Å². The van der Waals surface area contributed by atoms with Crippen LogP contribution in [-0.4, -0.2) is 45.9 Å². The molecule has 4 rings (SSSR count). The van der Waals surface area contributed by atoms with Crippen molar-refractivity contribution in [3.05, 3.63) is 41.4 Å². The summed E-state index contributed by atoms with van der Waals surface area (Å²) in [6, 6.07) is 5.61. The highest BCUT2D eigenvalue weighted by Crippen LogP contribution is 2.33. The van der Waals surface area contributed by atoms with Crippen LogP contribution in [0, 0.1) is 13.5 Å². The van der Waals surface area contributed by atoms with Gasteiger partial charge in [0.2, 0.25) is 5.91 Å². The molecule has 2 aromatic heterocycles. The molecule has 10 heteroatoms. The fourth-order valence-corrected chi connectivity index (χ4v) is 4.49. The number of aromatic amines is 1. The lowest BCUT2D eigenvalue weighted by Gasteiger charge is -2.27. The number of fused-ring (bicyclic) bond motifs is 1. The van der Waals surface area contributed by atoms with Crippen LogP contribution in [0.4, 0.5) is 11.5 Å². The maximum atomic E-state index is 12.5. The van der Waals surface area contributed by atoms with Crippen molar-refractivity contribution in [1.82, 2.24) is 15.0 Å². The van der Waals surface area contributed by atoms with Crippen molar-refractivity contribution in [3.63, 3.8) is 0 Å². The second-order valence-corrected chi connectivity index (χ2v) is 8.94. The Labute approximate surface area is 196 Å². The van der Waals surface area contributed by atoms with Crippen molar-refractivity contribution < 1.29 is 14.3 Å². The molecule has 1 aliphatic rings. The second kappa shape index (κ2) is 10.1. The number of amides is 1. The van der Waals surface area contributed by atoms with E-state index in [0.717, 1.165) is 36.8 Å². The minimum Gasteiger partial charge on any atom is -0.493 e. The Morgan fingerprint density at radius 3 is 2.85 bits per heavy atom. The first-order chi connectivity index (χ1) is 16.0. The first kappa shape index (κ1) is 22.9. The van der Waals surface area contributed by atoms with Crippen molar-refractivity contribution in [2.45, 2.75) is 49.9 Å². The van der Waals surface area contributed by atoms with Crippen LogP contribution >= 0.6 is 11.8 Å². The van der Waals surface area contributed by atoms with E-state index in [2.05, 4.69) is 25.1 Å². The molecule has 9 nitrogen and oxygen atoms in total. The van der Waals surface area contributed by atoms with E-state index in [0.29, 0.717) is 33.7 Å². The molecule has 172 valence electrons. The third-order valence-corrected chi connectivity index (χ3v) is 6.50. The minimum atomic E-state index is -0.170. The monoisotopic (exact) mass is 466 g/mol. The third kappa shape index (κ3) is 5.38. The molecule has 0 aliphatic heterocycles. The second-order valence-electron chi connectivity index (χ2n) is 7.98. The zero-order valence-electron chi connectivity index (χ0n) is 18.6. The number of rotatable bonds is 7. The first-order valence-electron chi connectivity index (χ1n) is 10.7. The van der Waals surface area contributed by atoms with E-state index in [4.69, 9.17) is 21.8 Å². The molecule has 4 N–H and O–H groups in total. The molecule has 0 saturated heterocycles. The van der Waals surface area contributed by atoms with Crippen molar-refractivity contribution in [2.75, 3.05) is 18.2 Å². The number of aryl methyl sites for hydroxylation is 1. The van der Waals surface area contributed by atoms with Gasteiger partial charge in [0.15, 0.2) is 16.7 Å². The number of hydrogen-bond acceptors (Lipinski definition) is 7. The number of hydrogen-bond donors (Lipinski definition) is 3. The number of nitrogens with one attached hydrogen (secondary N) is 2. The Balaban J connectivity index is 1.38. The normalized spacial score (nSPS) is 18.0. The lowest BCUT2D eigenvalue weighted by Crippen LogP contribution is -2.31. The van der Waals surface area contributed by atoms with Gasteiger partial charge in [0.05, 0.1) is 24.5 Å². The van der Waals surface area contributed by atoms with Crippen LogP contribution in [0.1, 0.15) is 31.2 Å². The number of ether oxygens (including phenoxy) is 2. The molecule has 1 aliphatic carbocycles. The molecule has 0 bridgehead atoms. The van der Waals surface area contributed by atoms with Gasteiger partial charge >= 0.3 is 0 Å². The number of anilines is 1. The molecule has 33 heavy (non-hydrogen) atoms. The van der Waals surface area contributed by atoms with Crippen LogP contribution in [0.25, 0.3) is 15.9 Å². The highest BCUT2D eigenvalue weighted by atomic mass is 32.2. The van der Waals surface area contributed by atoms with Crippen LogP contribution in [0.2, 0.25) is 0 Å². The SMILES string of the molecule is [C-]#[N+]c1ncc2[nH]c(SCC(=O)Nc3ccc(OC)c(OC4CCC(N)CC4)c3)nc2c1C. The van der Waals surface area contributed by atoms with Crippen LogP contribution in [-0.2, 0) is 4.79 Å². The number of nitrogens with two attached hydrogens (primary N) is 1. The Morgan fingerprint density at radius 2 is 2.12 bits per heavy atom. The fourth-order valence-electron chi connectivity index (χ4n) is 3.82. The van der Waals surface area contributed by atoms with E-state index in [1.54, 1.807) is 31.5 Å². The van der Waals surface area contributed by atoms with Crippen LogP contribution in [0.3, 0.4) is 0 Å². The molecule has 1 aromatic carbocycles. The van der Waals surface area contributed by atoms with Crippen LogP contribution < -0.4 is 20.5 Å². The lowest BCUT2D eigenvalue weighted by molar-refractivity contribution is -0.113.